The van der Waals surface area contributed by atoms with Gasteiger partial charge in [-0.25, -0.2) is 4.79 Å². The average molecular weight is 400 g/mol. The van der Waals surface area contributed by atoms with Gasteiger partial charge in [0.15, 0.2) is 5.54 Å². The van der Waals surface area contributed by atoms with E-state index in [0.29, 0.717) is 4.90 Å². The second-order valence-electron chi connectivity index (χ2n) is 6.07. The maximum Gasteiger partial charge on any atom is 0.326 e. The molecule has 1 aliphatic heterocycles. The van der Waals surface area contributed by atoms with Crippen LogP contribution >= 0.6 is 0 Å². The Labute approximate surface area is 161 Å². The molecule has 3 amide bonds. The maximum atomic E-state index is 13.1. The molecule has 0 aliphatic carbocycles. The quantitative estimate of drug-likeness (QED) is 0.415. The number of rotatable bonds is 6. The summed E-state index contributed by atoms with van der Waals surface area (Å²) in [6, 6.07) is 8.54. The lowest BCUT2D eigenvalue weighted by Crippen LogP contribution is -2.45. The van der Waals surface area contributed by atoms with Gasteiger partial charge in [-0.2, -0.15) is 0 Å². The molecule has 29 heavy (non-hydrogen) atoms. The first-order valence-corrected chi connectivity index (χ1v) is 8.02. The third kappa shape index (κ3) is 3.22. The standard InChI is InChI=1S/C17H12N4O8/c22-14(23)9-19-15(24)17(18-16(19)25,10-1-5-12(6-2-10)20(26)27)11-3-7-13(8-4-11)21(28)29/h1-8H,9H2,(H,18,25)(H,22,23). The predicted octanol–water partition coefficient (Wildman–Crippen LogP) is 1.38. The monoisotopic (exact) mass is 400 g/mol. The van der Waals surface area contributed by atoms with Crippen LogP contribution in [0, 0.1) is 20.2 Å². The average Bonchev–Trinajstić information content (AvgIpc) is 2.93. The molecule has 0 atom stereocenters. The Kier molecular flexibility index (Phi) is 4.68. The van der Waals surface area contributed by atoms with Crippen LogP contribution in [-0.2, 0) is 15.1 Å². The van der Waals surface area contributed by atoms with Gasteiger partial charge in [-0.1, -0.05) is 0 Å². The Morgan fingerprint density at radius 1 is 0.931 bits per heavy atom. The van der Waals surface area contributed by atoms with Crippen molar-refractivity contribution in [1.29, 1.82) is 0 Å². The SMILES string of the molecule is O=C(O)CN1C(=O)NC(c2ccc([N+](=O)[O-])cc2)(c2ccc([N+](=O)[O-])cc2)C1=O. The fraction of sp³-hybridized carbons (Fsp3) is 0.118. The predicted molar refractivity (Wildman–Crippen MR) is 94.9 cm³/mol. The number of nitrogens with one attached hydrogen (secondary N) is 1. The summed E-state index contributed by atoms with van der Waals surface area (Å²) < 4.78 is 0. The molecule has 0 unspecified atom stereocenters. The summed E-state index contributed by atoms with van der Waals surface area (Å²) in [4.78, 5) is 57.5. The van der Waals surface area contributed by atoms with E-state index in [-0.39, 0.29) is 22.5 Å². The highest BCUT2D eigenvalue weighted by atomic mass is 16.6. The summed E-state index contributed by atoms with van der Waals surface area (Å²) in [5.74, 6) is -2.34. The molecule has 1 heterocycles. The lowest BCUT2D eigenvalue weighted by Gasteiger charge is -2.27. The van der Waals surface area contributed by atoms with Crippen molar-refractivity contribution in [3.8, 4) is 0 Å². The minimum absolute atomic E-state index is 0.128. The summed E-state index contributed by atoms with van der Waals surface area (Å²) >= 11 is 0. The Morgan fingerprint density at radius 2 is 1.34 bits per heavy atom. The molecule has 2 aromatic carbocycles. The van der Waals surface area contributed by atoms with Gasteiger partial charge in [-0.05, 0) is 35.4 Å². The number of imide groups is 1. The van der Waals surface area contributed by atoms with E-state index in [4.69, 9.17) is 5.11 Å². The summed E-state index contributed by atoms with van der Waals surface area (Å²) in [5, 5.41) is 33.2. The van der Waals surface area contributed by atoms with Crippen molar-refractivity contribution in [3.05, 3.63) is 79.9 Å². The van der Waals surface area contributed by atoms with Gasteiger partial charge < -0.3 is 10.4 Å². The number of nitro benzene ring substituents is 2. The molecule has 0 bridgehead atoms. The number of urea groups is 1. The maximum absolute atomic E-state index is 13.1. The number of nitrogens with zero attached hydrogens (tertiary/aromatic N) is 3. The highest BCUT2D eigenvalue weighted by Gasteiger charge is 2.54. The van der Waals surface area contributed by atoms with Gasteiger partial charge in [0.05, 0.1) is 9.85 Å². The van der Waals surface area contributed by atoms with Crippen LogP contribution in [0.3, 0.4) is 0 Å². The van der Waals surface area contributed by atoms with Gasteiger partial charge in [-0.15, -0.1) is 0 Å². The molecular formula is C17H12N4O8. The molecule has 0 radical (unpaired) electrons. The summed E-state index contributed by atoms with van der Waals surface area (Å²) in [6.45, 7) is -0.896. The van der Waals surface area contributed by atoms with Gasteiger partial charge in [0, 0.05) is 24.3 Å². The third-order valence-corrected chi connectivity index (χ3v) is 4.42. The molecule has 2 aromatic rings. The first kappa shape index (κ1) is 19.4. The Balaban J connectivity index is 2.17. The van der Waals surface area contributed by atoms with Gasteiger partial charge in [0.1, 0.15) is 6.54 Å². The fourth-order valence-electron chi connectivity index (χ4n) is 3.08. The molecule has 1 fully saturated rings. The molecule has 0 spiro atoms. The zero-order valence-corrected chi connectivity index (χ0v) is 14.5. The number of amides is 3. The van der Waals surface area contributed by atoms with Crippen molar-refractivity contribution in [3.63, 3.8) is 0 Å². The number of carbonyl (C=O) groups is 3. The third-order valence-electron chi connectivity index (χ3n) is 4.42. The van der Waals surface area contributed by atoms with Crippen LogP contribution in [0.4, 0.5) is 16.2 Å². The highest BCUT2D eigenvalue weighted by molar-refractivity contribution is 6.11. The van der Waals surface area contributed by atoms with Crippen LogP contribution in [-0.4, -0.2) is 44.3 Å². The van der Waals surface area contributed by atoms with E-state index < -0.39 is 39.8 Å². The van der Waals surface area contributed by atoms with Gasteiger partial charge >= 0.3 is 12.0 Å². The molecule has 12 nitrogen and oxygen atoms in total. The van der Waals surface area contributed by atoms with Crippen molar-refractivity contribution in [2.75, 3.05) is 6.54 Å². The van der Waals surface area contributed by atoms with Crippen molar-refractivity contribution < 1.29 is 29.3 Å². The van der Waals surface area contributed by atoms with E-state index in [1.807, 2.05) is 0 Å². The van der Waals surface area contributed by atoms with Gasteiger partial charge in [-0.3, -0.25) is 34.7 Å². The second-order valence-corrected chi connectivity index (χ2v) is 6.07. The number of carboxylic acids is 1. The van der Waals surface area contributed by atoms with Crippen LogP contribution in [0.15, 0.2) is 48.5 Å². The van der Waals surface area contributed by atoms with E-state index in [1.165, 1.54) is 24.3 Å². The number of carbonyl (C=O) groups excluding carboxylic acids is 2. The van der Waals surface area contributed by atoms with Crippen LogP contribution in [0.2, 0.25) is 0 Å². The molecule has 1 saturated heterocycles. The molecule has 0 saturated carbocycles. The van der Waals surface area contributed by atoms with Crippen molar-refractivity contribution in [2.24, 2.45) is 0 Å². The number of benzene rings is 2. The number of hydrogen-bond acceptors (Lipinski definition) is 7. The topological polar surface area (TPSA) is 173 Å². The number of carboxylic acid groups (broad SMARTS) is 1. The van der Waals surface area contributed by atoms with Crippen molar-refractivity contribution in [2.45, 2.75) is 5.54 Å². The normalized spacial score (nSPS) is 15.1. The number of nitro groups is 2. The molecular weight excluding hydrogens is 388 g/mol. The Morgan fingerprint density at radius 3 is 1.69 bits per heavy atom. The highest BCUT2D eigenvalue weighted by Crippen LogP contribution is 2.37. The first-order chi connectivity index (χ1) is 13.7. The van der Waals surface area contributed by atoms with Gasteiger partial charge in [0.25, 0.3) is 17.3 Å². The van der Waals surface area contributed by atoms with Crippen LogP contribution in [0.25, 0.3) is 0 Å². The van der Waals surface area contributed by atoms with Crippen molar-refractivity contribution in [1.82, 2.24) is 10.2 Å². The largest absolute Gasteiger partial charge is 0.480 e. The van der Waals surface area contributed by atoms with Crippen molar-refractivity contribution >= 4 is 29.3 Å². The fourth-order valence-corrected chi connectivity index (χ4v) is 3.08. The zero-order valence-electron chi connectivity index (χ0n) is 14.5. The van der Waals surface area contributed by atoms with E-state index in [2.05, 4.69) is 5.32 Å². The first-order valence-electron chi connectivity index (χ1n) is 8.02. The lowest BCUT2D eigenvalue weighted by atomic mass is 9.82. The molecule has 12 heteroatoms. The van der Waals surface area contributed by atoms with Crippen LogP contribution in [0.1, 0.15) is 11.1 Å². The van der Waals surface area contributed by atoms with E-state index in [1.54, 1.807) is 0 Å². The zero-order chi connectivity index (χ0) is 21.3. The van der Waals surface area contributed by atoms with Crippen LogP contribution < -0.4 is 5.32 Å². The second kappa shape index (κ2) is 6.99. The summed E-state index contributed by atoms with van der Waals surface area (Å²) in [6.07, 6.45) is 0. The molecule has 148 valence electrons. The number of hydrogen-bond donors (Lipinski definition) is 2. The van der Waals surface area contributed by atoms with E-state index in [0.717, 1.165) is 24.3 Å². The molecule has 1 aliphatic rings. The summed E-state index contributed by atoms with van der Waals surface area (Å²) in [7, 11) is 0. The molecule has 3 rings (SSSR count). The minimum Gasteiger partial charge on any atom is -0.480 e. The molecule has 2 N–H and O–H groups in total. The summed E-state index contributed by atoms with van der Waals surface area (Å²) in [5.41, 5.74) is -2.15. The lowest BCUT2D eigenvalue weighted by molar-refractivity contribution is -0.385. The van der Waals surface area contributed by atoms with Gasteiger partial charge in [0.2, 0.25) is 0 Å². The Hall–Kier alpha value is -4.35. The molecule has 0 aromatic heterocycles. The van der Waals surface area contributed by atoms with Crippen LogP contribution in [0.5, 0.6) is 0 Å². The number of aliphatic carboxylic acids is 1. The van der Waals surface area contributed by atoms with E-state index in [9.17, 15) is 34.6 Å². The Bertz CT molecular complexity index is 975. The minimum atomic E-state index is -1.89. The van der Waals surface area contributed by atoms with E-state index >= 15 is 0 Å². The number of non-ortho nitro benzene ring substituents is 2. The smallest absolute Gasteiger partial charge is 0.326 e.